The maximum absolute atomic E-state index is 11.6. The lowest BCUT2D eigenvalue weighted by Crippen LogP contribution is -2.19. The van der Waals surface area contributed by atoms with Gasteiger partial charge in [-0.25, -0.2) is 0 Å². The fourth-order valence-corrected chi connectivity index (χ4v) is 2.15. The molecule has 0 aliphatic carbocycles. The minimum atomic E-state index is -0.00218. The van der Waals surface area contributed by atoms with Gasteiger partial charge in [-0.3, -0.25) is 4.79 Å². The number of aromatic nitrogens is 1. The van der Waals surface area contributed by atoms with E-state index in [2.05, 4.69) is 15.9 Å². The lowest BCUT2D eigenvalue weighted by atomic mass is 10.3. The molecular weight excluding hydrogens is 322 g/mol. The highest BCUT2D eigenvalue weighted by atomic mass is 79.9. The molecule has 0 fully saturated rings. The van der Waals surface area contributed by atoms with Crippen molar-refractivity contribution in [3.8, 4) is 11.5 Å². The molecule has 0 saturated heterocycles. The number of aryl methyl sites for hydroxylation is 1. The van der Waals surface area contributed by atoms with Crippen LogP contribution in [-0.2, 0) is 6.54 Å². The van der Waals surface area contributed by atoms with E-state index in [1.165, 1.54) is 0 Å². The first-order chi connectivity index (χ1) is 9.69. The van der Waals surface area contributed by atoms with E-state index in [-0.39, 0.29) is 5.56 Å². The van der Waals surface area contributed by atoms with Crippen molar-refractivity contribution in [2.45, 2.75) is 13.0 Å². The Kier molecular flexibility index (Phi) is 5.24. The van der Waals surface area contributed by atoms with E-state index < -0.39 is 0 Å². The molecule has 1 aromatic heterocycles. The predicted octanol–water partition coefficient (Wildman–Crippen LogP) is 3.09. The molecule has 0 unspecified atom stereocenters. The fraction of sp³-hybridized carbons (Fsp3) is 0.267. The summed E-state index contributed by atoms with van der Waals surface area (Å²) in [7, 11) is 1.63. The van der Waals surface area contributed by atoms with Crippen LogP contribution in [0.25, 0.3) is 0 Å². The molecule has 0 aliphatic rings. The van der Waals surface area contributed by atoms with Crippen LogP contribution >= 0.6 is 15.9 Å². The van der Waals surface area contributed by atoms with Crippen LogP contribution in [-0.4, -0.2) is 18.3 Å². The Morgan fingerprint density at radius 3 is 2.50 bits per heavy atom. The van der Waals surface area contributed by atoms with E-state index in [0.29, 0.717) is 13.2 Å². The zero-order chi connectivity index (χ0) is 14.4. The average molecular weight is 338 g/mol. The van der Waals surface area contributed by atoms with Gasteiger partial charge >= 0.3 is 0 Å². The molecule has 5 heteroatoms. The number of benzene rings is 1. The van der Waals surface area contributed by atoms with Crippen molar-refractivity contribution in [2.24, 2.45) is 0 Å². The molecule has 0 bridgehead atoms. The van der Waals surface area contributed by atoms with Crippen LogP contribution in [0.2, 0.25) is 0 Å². The molecule has 0 atom stereocenters. The second-order valence-electron chi connectivity index (χ2n) is 4.26. The normalized spacial score (nSPS) is 10.3. The molecular formula is C15H16BrNO3. The molecule has 0 amide bonds. The first kappa shape index (κ1) is 14.7. The number of nitrogens with zero attached hydrogens (tertiary/aromatic N) is 1. The Labute approximate surface area is 126 Å². The molecule has 2 aromatic rings. The van der Waals surface area contributed by atoms with Gasteiger partial charge in [0.2, 0.25) is 0 Å². The van der Waals surface area contributed by atoms with Crippen LogP contribution in [0.15, 0.2) is 51.9 Å². The largest absolute Gasteiger partial charge is 0.497 e. The Balaban J connectivity index is 1.81. The van der Waals surface area contributed by atoms with Crippen LogP contribution in [0.4, 0.5) is 0 Å². The number of hydrogen-bond acceptors (Lipinski definition) is 3. The van der Waals surface area contributed by atoms with Gasteiger partial charge in [0.1, 0.15) is 11.5 Å². The Bertz CT molecular complexity index is 607. The van der Waals surface area contributed by atoms with Gasteiger partial charge in [0.05, 0.1) is 13.7 Å². The Morgan fingerprint density at radius 2 is 1.80 bits per heavy atom. The van der Waals surface area contributed by atoms with E-state index >= 15 is 0 Å². The first-order valence-corrected chi connectivity index (χ1v) is 7.11. The summed E-state index contributed by atoms with van der Waals surface area (Å²) in [6.45, 7) is 1.19. The van der Waals surface area contributed by atoms with Crippen LogP contribution in [0.5, 0.6) is 11.5 Å². The average Bonchev–Trinajstić information content (AvgIpc) is 2.47. The smallest absolute Gasteiger partial charge is 0.250 e. The van der Waals surface area contributed by atoms with E-state index in [0.717, 1.165) is 22.4 Å². The summed E-state index contributed by atoms with van der Waals surface area (Å²) in [5.74, 6) is 1.60. The molecule has 4 nitrogen and oxygen atoms in total. The van der Waals surface area contributed by atoms with E-state index in [1.807, 2.05) is 24.3 Å². The van der Waals surface area contributed by atoms with Crippen molar-refractivity contribution in [1.29, 1.82) is 0 Å². The third-order valence-electron chi connectivity index (χ3n) is 2.82. The summed E-state index contributed by atoms with van der Waals surface area (Å²) < 4.78 is 13.3. The molecule has 106 valence electrons. The minimum Gasteiger partial charge on any atom is -0.497 e. The number of ether oxygens (including phenoxy) is 2. The molecule has 0 saturated carbocycles. The molecule has 1 heterocycles. The monoisotopic (exact) mass is 337 g/mol. The quantitative estimate of drug-likeness (QED) is 0.760. The molecule has 0 N–H and O–H groups in total. The van der Waals surface area contributed by atoms with Crippen molar-refractivity contribution in [3.05, 3.63) is 57.4 Å². The van der Waals surface area contributed by atoms with Gasteiger partial charge in [0.15, 0.2) is 0 Å². The van der Waals surface area contributed by atoms with Crippen molar-refractivity contribution >= 4 is 15.9 Å². The van der Waals surface area contributed by atoms with Crippen LogP contribution in [0.3, 0.4) is 0 Å². The number of hydrogen-bond donors (Lipinski definition) is 0. The fourth-order valence-electron chi connectivity index (χ4n) is 1.77. The summed E-state index contributed by atoms with van der Waals surface area (Å²) in [6.07, 6.45) is 2.55. The minimum absolute atomic E-state index is 0.00218. The molecule has 1 aromatic carbocycles. The lowest BCUT2D eigenvalue weighted by molar-refractivity contribution is 0.300. The number of methoxy groups -OCH3 is 1. The highest BCUT2D eigenvalue weighted by Gasteiger charge is 1.98. The van der Waals surface area contributed by atoms with Crippen LogP contribution in [0.1, 0.15) is 6.42 Å². The van der Waals surface area contributed by atoms with Crippen LogP contribution < -0.4 is 15.0 Å². The van der Waals surface area contributed by atoms with Crippen LogP contribution in [0, 0.1) is 0 Å². The standard InChI is InChI=1S/C15H16BrNO3/c1-19-13-4-6-14(7-5-13)20-10-2-9-17-11-12(16)3-8-15(17)18/h3-8,11H,2,9-10H2,1H3. The van der Waals surface area contributed by atoms with Crippen molar-refractivity contribution in [3.63, 3.8) is 0 Å². The number of rotatable bonds is 6. The zero-order valence-corrected chi connectivity index (χ0v) is 12.8. The van der Waals surface area contributed by atoms with Gasteiger partial charge in [-0.15, -0.1) is 0 Å². The molecule has 2 rings (SSSR count). The van der Waals surface area contributed by atoms with Gasteiger partial charge in [0, 0.05) is 23.3 Å². The second-order valence-corrected chi connectivity index (χ2v) is 5.17. The summed E-state index contributed by atoms with van der Waals surface area (Å²) in [5, 5.41) is 0. The lowest BCUT2D eigenvalue weighted by Gasteiger charge is -2.08. The van der Waals surface area contributed by atoms with E-state index in [4.69, 9.17) is 9.47 Å². The highest BCUT2D eigenvalue weighted by molar-refractivity contribution is 9.10. The van der Waals surface area contributed by atoms with E-state index in [9.17, 15) is 4.79 Å². The van der Waals surface area contributed by atoms with Crippen molar-refractivity contribution in [1.82, 2.24) is 4.57 Å². The second kappa shape index (κ2) is 7.14. The van der Waals surface area contributed by atoms with Gasteiger partial charge in [-0.2, -0.15) is 0 Å². The van der Waals surface area contributed by atoms with Gasteiger partial charge in [-0.05, 0) is 52.7 Å². The first-order valence-electron chi connectivity index (χ1n) is 6.32. The third-order valence-corrected chi connectivity index (χ3v) is 3.29. The maximum atomic E-state index is 11.6. The number of pyridine rings is 1. The Hall–Kier alpha value is -1.75. The zero-order valence-electron chi connectivity index (χ0n) is 11.2. The van der Waals surface area contributed by atoms with Gasteiger partial charge in [-0.1, -0.05) is 0 Å². The Morgan fingerprint density at radius 1 is 1.10 bits per heavy atom. The third kappa shape index (κ3) is 4.13. The molecule has 0 aliphatic heterocycles. The predicted molar refractivity (Wildman–Crippen MR) is 81.5 cm³/mol. The van der Waals surface area contributed by atoms with Crippen molar-refractivity contribution < 1.29 is 9.47 Å². The molecule has 0 radical (unpaired) electrons. The van der Waals surface area contributed by atoms with Gasteiger partial charge < -0.3 is 14.0 Å². The molecule has 0 spiro atoms. The SMILES string of the molecule is COc1ccc(OCCCn2cc(Br)ccc2=O)cc1. The van der Waals surface area contributed by atoms with Gasteiger partial charge in [0.25, 0.3) is 5.56 Å². The van der Waals surface area contributed by atoms with E-state index in [1.54, 1.807) is 30.0 Å². The number of halogens is 1. The summed E-state index contributed by atoms with van der Waals surface area (Å²) in [4.78, 5) is 11.6. The summed E-state index contributed by atoms with van der Waals surface area (Å²) in [5.41, 5.74) is -0.00218. The van der Waals surface area contributed by atoms with Crippen molar-refractivity contribution in [2.75, 3.05) is 13.7 Å². The topological polar surface area (TPSA) is 40.5 Å². The molecule has 20 heavy (non-hydrogen) atoms. The highest BCUT2D eigenvalue weighted by Crippen LogP contribution is 2.17. The summed E-state index contributed by atoms with van der Waals surface area (Å²) in [6, 6.07) is 10.7. The maximum Gasteiger partial charge on any atom is 0.250 e. The summed E-state index contributed by atoms with van der Waals surface area (Å²) >= 11 is 3.35.